The Morgan fingerprint density at radius 2 is 1.94 bits per heavy atom. The Kier molecular flexibility index (Phi) is 5.07. The fraction of sp³-hybridized carbons (Fsp3) is 0.583. The molecule has 0 radical (unpaired) electrons. The Hall–Kier alpha value is -1.17. The molecule has 0 saturated carbocycles. The van der Waals surface area contributed by atoms with Crippen molar-refractivity contribution in [2.24, 2.45) is 0 Å². The fourth-order valence-electron chi connectivity index (χ4n) is 1.93. The Morgan fingerprint density at radius 1 is 1.39 bits per heavy atom. The lowest BCUT2D eigenvalue weighted by atomic mass is 9.90. The summed E-state index contributed by atoms with van der Waals surface area (Å²) in [5, 5.41) is 14.3. The predicted octanol–water partition coefficient (Wildman–Crippen LogP) is 4.13. The number of aromatic nitrogens is 1. The van der Waals surface area contributed by atoms with Gasteiger partial charge in [-0.1, -0.05) is 20.8 Å². The quantitative estimate of drug-likeness (QED) is 0.633. The van der Waals surface area contributed by atoms with Crippen molar-refractivity contribution >= 4 is 27.4 Å². The van der Waals surface area contributed by atoms with Gasteiger partial charge in [0.2, 0.25) is 5.82 Å². The maximum atomic E-state index is 11.0. The molecule has 0 saturated heterocycles. The van der Waals surface area contributed by atoms with E-state index in [-0.39, 0.29) is 11.2 Å². The lowest BCUT2D eigenvalue weighted by Crippen LogP contribution is -2.36. The van der Waals surface area contributed by atoms with Crippen LogP contribution in [0.2, 0.25) is 0 Å². The molecule has 1 N–H and O–H groups in total. The molecule has 1 heterocycles. The smallest absolute Gasteiger partial charge is 0.312 e. The Bertz CT molecular complexity index is 425. The molecule has 1 aromatic rings. The number of rotatable bonds is 6. The van der Waals surface area contributed by atoms with Crippen LogP contribution >= 0.6 is 15.9 Å². The Labute approximate surface area is 115 Å². The summed E-state index contributed by atoms with van der Waals surface area (Å²) in [6.45, 7) is 6.22. The molecule has 1 rings (SSSR count). The summed E-state index contributed by atoms with van der Waals surface area (Å²) >= 11 is 3.20. The monoisotopic (exact) mass is 315 g/mol. The van der Waals surface area contributed by atoms with Gasteiger partial charge in [0, 0.05) is 22.3 Å². The van der Waals surface area contributed by atoms with Crippen molar-refractivity contribution in [2.75, 3.05) is 5.32 Å². The third-order valence-electron chi connectivity index (χ3n) is 3.44. The van der Waals surface area contributed by atoms with Crippen LogP contribution in [-0.2, 0) is 0 Å². The maximum Gasteiger partial charge on any atom is 0.312 e. The standard InChI is InChI=1S/C12H18BrN3O2/c1-4-12(5-2,6-3)15-11-10(16(17)18)7-9(13)8-14-11/h7-8H,4-6H2,1-3H3,(H,14,15). The lowest BCUT2D eigenvalue weighted by molar-refractivity contribution is -0.384. The van der Waals surface area contributed by atoms with Gasteiger partial charge in [0.25, 0.3) is 0 Å². The van der Waals surface area contributed by atoms with Crippen molar-refractivity contribution in [2.45, 2.75) is 45.6 Å². The lowest BCUT2D eigenvalue weighted by Gasteiger charge is -2.32. The number of nitrogens with zero attached hydrogens (tertiary/aromatic N) is 2. The molecule has 1 aromatic heterocycles. The average molecular weight is 316 g/mol. The number of anilines is 1. The van der Waals surface area contributed by atoms with E-state index >= 15 is 0 Å². The van der Waals surface area contributed by atoms with E-state index in [4.69, 9.17) is 0 Å². The van der Waals surface area contributed by atoms with Crippen LogP contribution in [0.1, 0.15) is 40.0 Å². The SMILES string of the molecule is CCC(CC)(CC)Nc1ncc(Br)cc1[N+](=O)[O-]. The highest BCUT2D eigenvalue weighted by atomic mass is 79.9. The molecule has 0 aliphatic carbocycles. The minimum Gasteiger partial charge on any atom is -0.359 e. The molecule has 100 valence electrons. The zero-order valence-corrected chi connectivity index (χ0v) is 12.5. The highest BCUT2D eigenvalue weighted by molar-refractivity contribution is 9.10. The van der Waals surface area contributed by atoms with Crippen molar-refractivity contribution in [3.63, 3.8) is 0 Å². The first-order chi connectivity index (χ1) is 8.48. The van der Waals surface area contributed by atoms with Gasteiger partial charge in [0.1, 0.15) is 0 Å². The van der Waals surface area contributed by atoms with Crippen molar-refractivity contribution in [3.05, 3.63) is 26.9 Å². The van der Waals surface area contributed by atoms with Crippen molar-refractivity contribution in [1.82, 2.24) is 4.98 Å². The highest BCUT2D eigenvalue weighted by Gasteiger charge is 2.27. The summed E-state index contributed by atoms with van der Waals surface area (Å²) in [6, 6.07) is 1.47. The summed E-state index contributed by atoms with van der Waals surface area (Å²) in [7, 11) is 0. The van der Waals surface area contributed by atoms with E-state index in [1.165, 1.54) is 6.07 Å². The second-order valence-corrected chi connectivity index (χ2v) is 5.16. The second-order valence-electron chi connectivity index (χ2n) is 4.24. The second kappa shape index (κ2) is 6.13. The Morgan fingerprint density at radius 3 is 2.39 bits per heavy atom. The molecule has 6 heteroatoms. The first-order valence-corrected chi connectivity index (χ1v) is 6.85. The first kappa shape index (κ1) is 14.9. The maximum absolute atomic E-state index is 11.0. The van der Waals surface area contributed by atoms with Gasteiger partial charge < -0.3 is 5.32 Å². The van der Waals surface area contributed by atoms with Crippen LogP contribution in [0, 0.1) is 10.1 Å². The normalized spacial score (nSPS) is 11.3. The van der Waals surface area contributed by atoms with Crippen molar-refractivity contribution in [1.29, 1.82) is 0 Å². The van der Waals surface area contributed by atoms with Gasteiger partial charge in [-0.3, -0.25) is 10.1 Å². The molecule has 0 fully saturated rings. The predicted molar refractivity (Wildman–Crippen MR) is 75.8 cm³/mol. The van der Waals surface area contributed by atoms with Crippen LogP contribution in [0.15, 0.2) is 16.7 Å². The van der Waals surface area contributed by atoms with Crippen molar-refractivity contribution < 1.29 is 4.92 Å². The van der Waals surface area contributed by atoms with Gasteiger partial charge >= 0.3 is 5.69 Å². The van der Waals surface area contributed by atoms with E-state index < -0.39 is 4.92 Å². The van der Waals surface area contributed by atoms with Gasteiger partial charge in [0.05, 0.1) is 4.92 Å². The van der Waals surface area contributed by atoms with Crippen LogP contribution in [0.5, 0.6) is 0 Å². The van der Waals surface area contributed by atoms with Gasteiger partial charge in [0.15, 0.2) is 0 Å². The molecule has 0 bridgehead atoms. The minimum absolute atomic E-state index is 0.00380. The molecule has 0 aliphatic heterocycles. The van der Waals surface area contributed by atoms with Gasteiger partial charge in [-0.05, 0) is 35.2 Å². The van der Waals surface area contributed by atoms with Gasteiger partial charge in [-0.25, -0.2) is 4.98 Å². The van der Waals surface area contributed by atoms with Gasteiger partial charge in [-0.15, -0.1) is 0 Å². The first-order valence-electron chi connectivity index (χ1n) is 6.06. The number of pyridine rings is 1. The molecular weight excluding hydrogens is 298 g/mol. The van der Waals surface area contributed by atoms with E-state index in [9.17, 15) is 10.1 Å². The zero-order chi connectivity index (χ0) is 13.8. The van der Waals surface area contributed by atoms with E-state index in [1.54, 1.807) is 6.20 Å². The molecule has 0 aliphatic rings. The minimum atomic E-state index is -0.411. The number of nitrogens with one attached hydrogen (secondary N) is 1. The van der Waals surface area contributed by atoms with Crippen LogP contribution in [0.25, 0.3) is 0 Å². The number of halogens is 1. The van der Waals surface area contributed by atoms with Crippen LogP contribution in [-0.4, -0.2) is 15.4 Å². The molecule has 0 unspecified atom stereocenters. The van der Waals surface area contributed by atoms with E-state index in [1.807, 2.05) is 0 Å². The van der Waals surface area contributed by atoms with Gasteiger partial charge in [-0.2, -0.15) is 0 Å². The number of hydrogen-bond donors (Lipinski definition) is 1. The average Bonchev–Trinajstić information content (AvgIpc) is 2.37. The molecule has 0 amide bonds. The molecule has 0 aromatic carbocycles. The third kappa shape index (κ3) is 3.19. The third-order valence-corrected chi connectivity index (χ3v) is 3.88. The molecule has 18 heavy (non-hydrogen) atoms. The van der Waals surface area contributed by atoms with E-state index in [2.05, 4.69) is 47.0 Å². The summed E-state index contributed by atoms with van der Waals surface area (Å²) < 4.78 is 0.606. The van der Waals surface area contributed by atoms with Crippen LogP contribution in [0.3, 0.4) is 0 Å². The summed E-state index contributed by atoms with van der Waals surface area (Å²) in [5.74, 6) is 0.341. The fourth-order valence-corrected chi connectivity index (χ4v) is 2.25. The number of nitro groups is 1. The molecular formula is C12H18BrN3O2. The molecule has 0 atom stereocenters. The molecule has 5 nitrogen and oxygen atoms in total. The highest BCUT2D eigenvalue weighted by Crippen LogP contribution is 2.31. The van der Waals surface area contributed by atoms with Crippen LogP contribution in [0.4, 0.5) is 11.5 Å². The summed E-state index contributed by atoms with van der Waals surface area (Å²) in [4.78, 5) is 14.7. The van der Waals surface area contributed by atoms with E-state index in [0.29, 0.717) is 10.3 Å². The van der Waals surface area contributed by atoms with Crippen LogP contribution < -0.4 is 5.32 Å². The summed E-state index contributed by atoms with van der Waals surface area (Å²) in [6.07, 6.45) is 4.26. The Balaban J connectivity index is 3.13. The largest absolute Gasteiger partial charge is 0.359 e. The molecule has 0 spiro atoms. The van der Waals surface area contributed by atoms with E-state index in [0.717, 1.165) is 19.3 Å². The zero-order valence-electron chi connectivity index (χ0n) is 10.9. The topological polar surface area (TPSA) is 68.1 Å². The summed E-state index contributed by atoms with van der Waals surface area (Å²) in [5.41, 5.74) is -0.130. The number of hydrogen-bond acceptors (Lipinski definition) is 4. The van der Waals surface area contributed by atoms with Crippen molar-refractivity contribution in [3.8, 4) is 0 Å².